The Balaban J connectivity index is 1.90. The highest BCUT2D eigenvalue weighted by Gasteiger charge is 2.27. The summed E-state index contributed by atoms with van der Waals surface area (Å²) in [6.45, 7) is 4.32. The van der Waals surface area contributed by atoms with Crippen LogP contribution in [0, 0.1) is 5.92 Å². The van der Waals surface area contributed by atoms with Gasteiger partial charge >= 0.3 is 0 Å². The molecule has 0 radical (unpaired) electrons. The van der Waals surface area contributed by atoms with Gasteiger partial charge in [0.25, 0.3) is 0 Å². The monoisotopic (exact) mass is 309 g/mol. The molecule has 0 spiro atoms. The third-order valence-electron chi connectivity index (χ3n) is 4.54. The van der Waals surface area contributed by atoms with Crippen molar-refractivity contribution in [1.82, 2.24) is 5.32 Å². The molecule has 4 heteroatoms. The molecule has 1 aromatic rings. The molecule has 1 unspecified atom stereocenters. The quantitative estimate of drug-likeness (QED) is 0.897. The number of hydrogen-bond donors (Lipinski definition) is 1. The maximum atomic E-state index is 6.54. The van der Waals surface area contributed by atoms with Gasteiger partial charge in [-0.2, -0.15) is 0 Å². The van der Waals surface area contributed by atoms with Crippen molar-refractivity contribution in [2.45, 2.75) is 45.1 Å². The van der Waals surface area contributed by atoms with Crippen LogP contribution in [0.25, 0.3) is 0 Å². The third-order valence-corrected chi connectivity index (χ3v) is 4.87. The van der Waals surface area contributed by atoms with Gasteiger partial charge in [-0.3, -0.25) is 0 Å². The summed E-state index contributed by atoms with van der Waals surface area (Å²) in [7, 11) is 0. The lowest BCUT2D eigenvalue weighted by molar-refractivity contribution is 0.171. The van der Waals surface area contributed by atoms with E-state index in [9.17, 15) is 0 Å². The van der Waals surface area contributed by atoms with E-state index in [1.54, 1.807) is 0 Å². The number of benzene rings is 1. The van der Waals surface area contributed by atoms with Crippen LogP contribution in [0.2, 0.25) is 5.02 Å². The second-order valence-corrected chi connectivity index (χ2v) is 6.36. The summed E-state index contributed by atoms with van der Waals surface area (Å²) in [4.78, 5) is 0. The molecule has 1 saturated carbocycles. The van der Waals surface area contributed by atoms with Gasteiger partial charge in [0, 0.05) is 17.1 Å². The number of rotatable bonds is 4. The van der Waals surface area contributed by atoms with Gasteiger partial charge in [-0.1, -0.05) is 37.8 Å². The number of hydrogen-bond acceptors (Lipinski definition) is 3. The summed E-state index contributed by atoms with van der Waals surface area (Å²) in [5.41, 5.74) is 1.16. The van der Waals surface area contributed by atoms with Crippen molar-refractivity contribution in [1.29, 1.82) is 0 Å². The minimum Gasteiger partial charge on any atom is -0.486 e. The Morgan fingerprint density at radius 3 is 2.48 bits per heavy atom. The highest BCUT2D eigenvalue weighted by molar-refractivity contribution is 6.31. The van der Waals surface area contributed by atoms with Crippen LogP contribution in [0.3, 0.4) is 0 Å². The summed E-state index contributed by atoms with van der Waals surface area (Å²) >= 11 is 6.54. The molecule has 0 bridgehead atoms. The lowest BCUT2D eigenvalue weighted by Crippen LogP contribution is -2.30. The Kier molecular flexibility index (Phi) is 4.91. The normalized spacial score (nSPS) is 20.3. The van der Waals surface area contributed by atoms with E-state index in [2.05, 4.69) is 18.3 Å². The molecule has 1 aliphatic heterocycles. The van der Waals surface area contributed by atoms with E-state index < -0.39 is 0 Å². The van der Waals surface area contributed by atoms with Crippen molar-refractivity contribution >= 4 is 11.6 Å². The molecular weight excluding hydrogens is 286 g/mol. The van der Waals surface area contributed by atoms with Crippen molar-refractivity contribution in [3.63, 3.8) is 0 Å². The van der Waals surface area contributed by atoms with Gasteiger partial charge in [0.15, 0.2) is 11.5 Å². The fourth-order valence-corrected chi connectivity index (χ4v) is 3.81. The van der Waals surface area contributed by atoms with E-state index in [1.807, 2.05) is 6.07 Å². The zero-order valence-corrected chi connectivity index (χ0v) is 13.4. The largest absolute Gasteiger partial charge is 0.486 e. The van der Waals surface area contributed by atoms with Crippen molar-refractivity contribution in [3.8, 4) is 11.5 Å². The first-order valence-electron chi connectivity index (χ1n) is 8.12. The van der Waals surface area contributed by atoms with Gasteiger partial charge in [0.05, 0.1) is 0 Å². The predicted octanol–water partition coefficient (Wildman–Crippen LogP) is 4.34. The van der Waals surface area contributed by atoms with Crippen molar-refractivity contribution < 1.29 is 9.47 Å². The molecule has 1 aliphatic carbocycles. The van der Waals surface area contributed by atoms with Gasteiger partial charge in [-0.15, -0.1) is 0 Å². The molecule has 116 valence electrons. The topological polar surface area (TPSA) is 30.5 Å². The molecule has 3 nitrogen and oxygen atoms in total. The Labute approximate surface area is 132 Å². The molecule has 2 aliphatic rings. The second-order valence-electron chi connectivity index (χ2n) is 5.95. The number of nitrogens with one attached hydrogen (secondary N) is 1. The Morgan fingerprint density at radius 2 is 1.81 bits per heavy atom. The van der Waals surface area contributed by atoms with Gasteiger partial charge in [-0.05, 0) is 36.9 Å². The van der Waals surface area contributed by atoms with Gasteiger partial charge in [-0.25, -0.2) is 0 Å². The summed E-state index contributed by atoms with van der Waals surface area (Å²) in [5, 5.41) is 4.42. The van der Waals surface area contributed by atoms with Crippen LogP contribution in [0.15, 0.2) is 12.1 Å². The van der Waals surface area contributed by atoms with Crippen LogP contribution in [0.4, 0.5) is 0 Å². The summed E-state index contributed by atoms with van der Waals surface area (Å²) in [6, 6.07) is 4.32. The van der Waals surface area contributed by atoms with Crippen molar-refractivity contribution in [2.75, 3.05) is 19.8 Å². The van der Waals surface area contributed by atoms with Gasteiger partial charge < -0.3 is 14.8 Å². The minimum atomic E-state index is 0.318. The van der Waals surface area contributed by atoms with Gasteiger partial charge in [0.1, 0.15) is 13.2 Å². The van der Waals surface area contributed by atoms with E-state index >= 15 is 0 Å². The van der Waals surface area contributed by atoms with Crippen LogP contribution in [0.5, 0.6) is 11.5 Å². The molecule has 1 aromatic carbocycles. The Morgan fingerprint density at radius 1 is 1.14 bits per heavy atom. The smallest absolute Gasteiger partial charge is 0.162 e. The zero-order valence-electron chi connectivity index (χ0n) is 12.7. The molecular formula is C17H24ClNO2. The minimum absolute atomic E-state index is 0.318. The first kappa shape index (κ1) is 15.0. The van der Waals surface area contributed by atoms with E-state index in [1.165, 1.54) is 32.1 Å². The first-order valence-corrected chi connectivity index (χ1v) is 8.50. The lowest BCUT2D eigenvalue weighted by atomic mass is 9.81. The fourth-order valence-electron chi connectivity index (χ4n) is 3.54. The molecule has 1 fully saturated rings. The van der Waals surface area contributed by atoms with Gasteiger partial charge in [0.2, 0.25) is 0 Å². The summed E-state index contributed by atoms with van der Waals surface area (Å²) < 4.78 is 11.3. The van der Waals surface area contributed by atoms with E-state index in [-0.39, 0.29) is 0 Å². The van der Waals surface area contributed by atoms with E-state index in [4.69, 9.17) is 21.1 Å². The Bertz CT molecular complexity index is 486. The molecule has 0 aromatic heterocycles. The van der Waals surface area contributed by atoms with Crippen LogP contribution >= 0.6 is 11.6 Å². The maximum absolute atomic E-state index is 6.54. The van der Waals surface area contributed by atoms with E-state index in [0.29, 0.717) is 25.2 Å². The average Bonchev–Trinajstić information content (AvgIpc) is 2.53. The molecule has 0 saturated heterocycles. The number of ether oxygens (including phenoxy) is 2. The Hall–Kier alpha value is -0.930. The highest BCUT2D eigenvalue weighted by atomic mass is 35.5. The van der Waals surface area contributed by atoms with Crippen LogP contribution in [-0.2, 0) is 0 Å². The fraction of sp³-hybridized carbons (Fsp3) is 0.647. The molecule has 1 heterocycles. The summed E-state index contributed by atoms with van der Waals surface area (Å²) in [5.74, 6) is 2.27. The number of halogens is 1. The van der Waals surface area contributed by atoms with Crippen molar-refractivity contribution in [2.24, 2.45) is 5.92 Å². The highest BCUT2D eigenvalue weighted by Crippen LogP contribution is 2.42. The van der Waals surface area contributed by atoms with Crippen LogP contribution < -0.4 is 14.8 Å². The van der Waals surface area contributed by atoms with E-state index in [0.717, 1.165) is 28.6 Å². The maximum Gasteiger partial charge on any atom is 0.162 e. The predicted molar refractivity (Wildman–Crippen MR) is 85.4 cm³/mol. The lowest BCUT2D eigenvalue weighted by Gasteiger charge is -2.32. The van der Waals surface area contributed by atoms with Crippen molar-refractivity contribution in [3.05, 3.63) is 22.7 Å². The van der Waals surface area contributed by atoms with Crippen LogP contribution in [-0.4, -0.2) is 19.8 Å². The molecule has 0 amide bonds. The third kappa shape index (κ3) is 3.29. The molecule has 3 rings (SSSR count). The SMILES string of the molecule is CCNC(c1cc2c(cc1Cl)OCCO2)C1CCCCC1. The van der Waals surface area contributed by atoms with Crippen LogP contribution in [0.1, 0.15) is 50.6 Å². The summed E-state index contributed by atoms with van der Waals surface area (Å²) in [6.07, 6.45) is 6.58. The second kappa shape index (κ2) is 6.89. The molecule has 1 atom stereocenters. The molecule has 1 N–H and O–H groups in total. The average molecular weight is 310 g/mol. The first-order chi connectivity index (χ1) is 10.3. The number of fused-ring (bicyclic) bond motifs is 1. The molecule has 21 heavy (non-hydrogen) atoms. The zero-order chi connectivity index (χ0) is 14.7. The standard InChI is InChI=1S/C17H24ClNO2/c1-2-19-17(12-6-4-3-5-7-12)13-10-15-16(11-14(13)18)21-9-8-20-15/h10-12,17,19H,2-9H2,1H3.